The van der Waals surface area contributed by atoms with Gasteiger partial charge in [-0.3, -0.25) is 14.6 Å². The lowest BCUT2D eigenvalue weighted by Crippen LogP contribution is -2.43. The number of halogens is 3. The Kier molecular flexibility index (Phi) is 9.98. The third-order valence-corrected chi connectivity index (χ3v) is 6.90. The lowest BCUT2D eigenvalue weighted by atomic mass is 9.94. The molecular weight excluding hydrogens is 582 g/mol. The van der Waals surface area contributed by atoms with Crippen LogP contribution in [0.5, 0.6) is 0 Å². The highest BCUT2D eigenvalue weighted by atomic mass is 35.5. The molecule has 0 aliphatic carbocycles. The molecule has 0 fully saturated rings. The van der Waals surface area contributed by atoms with Crippen molar-refractivity contribution in [2.75, 3.05) is 27.4 Å². The van der Waals surface area contributed by atoms with Gasteiger partial charge in [0.05, 0.1) is 30.9 Å². The van der Waals surface area contributed by atoms with E-state index in [0.29, 0.717) is 38.2 Å². The van der Waals surface area contributed by atoms with Gasteiger partial charge < -0.3 is 20.1 Å². The number of carbonyl (C=O) groups is 3. The second kappa shape index (κ2) is 13.8. The first kappa shape index (κ1) is 31.0. The number of fused-ring (bicyclic) bond motifs is 1. The fourth-order valence-corrected chi connectivity index (χ4v) is 4.79. The zero-order chi connectivity index (χ0) is 31.1. The number of nitrogens with one attached hydrogen (secondary N) is 2. The number of rotatable bonds is 10. The number of hydrogen-bond acceptors (Lipinski definition) is 7. The SMILES string of the molecule is COCCNC(=O)c1cc(F)c(C(=O)N[C@@H](Cc2ccc(-c3ccc(C#N)cc3Cl)c3ncccc23)C(=O)OC)c(F)c1. The van der Waals surface area contributed by atoms with Crippen molar-refractivity contribution in [2.45, 2.75) is 12.5 Å². The summed E-state index contributed by atoms with van der Waals surface area (Å²) in [6.45, 7) is 0.316. The number of pyridine rings is 1. The van der Waals surface area contributed by atoms with Crippen LogP contribution < -0.4 is 10.6 Å². The molecule has 0 aliphatic rings. The number of aromatic nitrogens is 1. The van der Waals surface area contributed by atoms with E-state index >= 15 is 0 Å². The van der Waals surface area contributed by atoms with Crippen LogP contribution >= 0.6 is 11.6 Å². The summed E-state index contributed by atoms with van der Waals surface area (Å²) in [5, 5.41) is 14.9. The van der Waals surface area contributed by atoms with E-state index in [1.807, 2.05) is 6.07 Å². The Morgan fingerprint density at radius 1 is 1.02 bits per heavy atom. The van der Waals surface area contributed by atoms with Gasteiger partial charge in [-0.25, -0.2) is 13.6 Å². The van der Waals surface area contributed by atoms with Gasteiger partial charge in [-0.15, -0.1) is 0 Å². The van der Waals surface area contributed by atoms with Gasteiger partial charge in [-0.1, -0.05) is 35.9 Å². The molecule has 0 saturated carbocycles. The molecule has 4 aromatic rings. The molecular formula is C31H25ClF2N4O5. The van der Waals surface area contributed by atoms with Crippen molar-refractivity contribution >= 4 is 40.3 Å². The van der Waals surface area contributed by atoms with Gasteiger partial charge in [0.2, 0.25) is 0 Å². The quantitative estimate of drug-likeness (QED) is 0.199. The van der Waals surface area contributed by atoms with Crippen molar-refractivity contribution in [2.24, 2.45) is 0 Å². The van der Waals surface area contributed by atoms with Crippen LogP contribution in [-0.4, -0.2) is 56.2 Å². The van der Waals surface area contributed by atoms with Crippen LogP contribution in [0.25, 0.3) is 22.0 Å². The number of nitriles is 1. The minimum atomic E-state index is -1.33. The molecule has 0 saturated heterocycles. The molecule has 4 rings (SSSR count). The second-order valence-corrected chi connectivity index (χ2v) is 9.70. The Morgan fingerprint density at radius 3 is 2.40 bits per heavy atom. The van der Waals surface area contributed by atoms with Crippen LogP contribution in [0.2, 0.25) is 5.02 Å². The first-order valence-corrected chi connectivity index (χ1v) is 13.3. The van der Waals surface area contributed by atoms with Crippen LogP contribution in [0.1, 0.15) is 31.8 Å². The average molecular weight is 607 g/mol. The predicted octanol–water partition coefficient (Wildman–Crippen LogP) is 4.60. The van der Waals surface area contributed by atoms with E-state index in [1.165, 1.54) is 7.11 Å². The molecule has 1 aromatic heterocycles. The summed E-state index contributed by atoms with van der Waals surface area (Å²) in [4.78, 5) is 42.4. The summed E-state index contributed by atoms with van der Waals surface area (Å²) >= 11 is 6.45. The number of methoxy groups -OCH3 is 2. The maximum absolute atomic E-state index is 14.9. The van der Waals surface area contributed by atoms with Gasteiger partial charge in [0.1, 0.15) is 23.2 Å². The Labute approximate surface area is 250 Å². The van der Waals surface area contributed by atoms with Crippen LogP contribution in [0, 0.1) is 23.0 Å². The number of hydrogen-bond donors (Lipinski definition) is 2. The van der Waals surface area contributed by atoms with Gasteiger partial charge in [0.15, 0.2) is 0 Å². The molecule has 3 aromatic carbocycles. The molecule has 0 aliphatic heterocycles. The number of ether oxygens (including phenoxy) is 2. The van der Waals surface area contributed by atoms with Gasteiger partial charge in [-0.2, -0.15) is 5.26 Å². The monoisotopic (exact) mass is 606 g/mol. The first-order chi connectivity index (χ1) is 20.7. The summed E-state index contributed by atoms with van der Waals surface area (Å²) in [6, 6.07) is 14.0. The summed E-state index contributed by atoms with van der Waals surface area (Å²) in [7, 11) is 2.55. The first-order valence-electron chi connectivity index (χ1n) is 12.9. The second-order valence-electron chi connectivity index (χ2n) is 9.30. The van der Waals surface area contributed by atoms with E-state index in [4.69, 9.17) is 26.3 Å². The van der Waals surface area contributed by atoms with Crippen molar-refractivity contribution in [3.8, 4) is 17.2 Å². The number of esters is 1. The summed E-state index contributed by atoms with van der Waals surface area (Å²) in [6.07, 6.45) is 1.48. The van der Waals surface area contributed by atoms with E-state index < -0.39 is 41.0 Å². The molecule has 0 radical (unpaired) electrons. The van der Waals surface area contributed by atoms with Gasteiger partial charge in [-0.05, 0) is 35.9 Å². The standard InChI is InChI=1S/C31H25ClF2N4O5/c1-42-11-10-37-29(39)19-13-24(33)27(25(34)14-19)30(40)38-26(31(41)43-2)15-18-6-8-22(28-20(18)4-3-9-36-28)21-7-5-17(16-35)12-23(21)32/h3-9,12-14,26H,10-11,15H2,1-2H3,(H,37,39)(H,38,40)/t26-/m0/s1. The summed E-state index contributed by atoms with van der Waals surface area (Å²) < 4.78 is 39.5. The number of amides is 2. The fraction of sp³-hybridized carbons (Fsp3) is 0.194. The lowest BCUT2D eigenvalue weighted by molar-refractivity contribution is -0.142. The van der Waals surface area contributed by atoms with E-state index in [-0.39, 0.29) is 25.1 Å². The molecule has 43 heavy (non-hydrogen) atoms. The molecule has 1 atom stereocenters. The molecule has 0 bridgehead atoms. The van der Waals surface area contributed by atoms with E-state index in [2.05, 4.69) is 15.6 Å². The molecule has 12 heteroatoms. The molecule has 0 spiro atoms. The number of nitrogens with zero attached hydrogens (tertiary/aromatic N) is 2. The normalized spacial score (nSPS) is 11.4. The highest BCUT2D eigenvalue weighted by Gasteiger charge is 2.28. The molecule has 2 amide bonds. The minimum Gasteiger partial charge on any atom is -0.467 e. The van der Waals surface area contributed by atoms with Crippen LogP contribution in [0.15, 0.2) is 60.8 Å². The highest BCUT2D eigenvalue weighted by Crippen LogP contribution is 2.35. The Bertz CT molecular complexity index is 1740. The van der Waals surface area contributed by atoms with Crippen molar-refractivity contribution in [3.63, 3.8) is 0 Å². The van der Waals surface area contributed by atoms with Crippen molar-refractivity contribution in [1.82, 2.24) is 15.6 Å². The van der Waals surface area contributed by atoms with Crippen LogP contribution in [0.4, 0.5) is 8.78 Å². The van der Waals surface area contributed by atoms with Crippen molar-refractivity contribution in [3.05, 3.63) is 99.7 Å². The molecule has 0 unspecified atom stereocenters. The van der Waals surface area contributed by atoms with E-state index in [1.54, 1.807) is 48.7 Å². The lowest BCUT2D eigenvalue weighted by Gasteiger charge is -2.19. The summed E-state index contributed by atoms with van der Waals surface area (Å²) in [5.74, 6) is -5.37. The largest absolute Gasteiger partial charge is 0.467 e. The zero-order valence-electron chi connectivity index (χ0n) is 23.0. The van der Waals surface area contributed by atoms with Crippen molar-refractivity contribution < 1.29 is 32.6 Å². The molecule has 2 N–H and O–H groups in total. The number of carbonyl (C=O) groups excluding carboxylic acids is 3. The topological polar surface area (TPSA) is 130 Å². The summed E-state index contributed by atoms with van der Waals surface area (Å²) in [5.41, 5.74) is 1.54. The highest BCUT2D eigenvalue weighted by molar-refractivity contribution is 6.33. The van der Waals surface area contributed by atoms with Gasteiger partial charge >= 0.3 is 5.97 Å². The molecule has 9 nitrogen and oxygen atoms in total. The maximum Gasteiger partial charge on any atom is 0.328 e. The van der Waals surface area contributed by atoms with E-state index in [9.17, 15) is 23.2 Å². The smallest absolute Gasteiger partial charge is 0.328 e. The third-order valence-electron chi connectivity index (χ3n) is 6.59. The Hall–Kier alpha value is -4.92. The maximum atomic E-state index is 14.9. The zero-order valence-corrected chi connectivity index (χ0v) is 23.8. The predicted molar refractivity (Wildman–Crippen MR) is 154 cm³/mol. The third kappa shape index (κ3) is 6.94. The van der Waals surface area contributed by atoms with Crippen LogP contribution in [-0.2, 0) is 20.7 Å². The van der Waals surface area contributed by atoms with E-state index in [0.717, 1.165) is 19.2 Å². The van der Waals surface area contributed by atoms with Gasteiger partial charge in [0.25, 0.3) is 11.8 Å². The Morgan fingerprint density at radius 2 is 1.74 bits per heavy atom. The fourth-order valence-electron chi connectivity index (χ4n) is 4.51. The van der Waals surface area contributed by atoms with Crippen molar-refractivity contribution in [1.29, 1.82) is 5.26 Å². The number of benzene rings is 3. The average Bonchev–Trinajstić information content (AvgIpc) is 3.00. The Balaban J connectivity index is 1.63. The minimum absolute atomic E-state index is 0.106. The van der Waals surface area contributed by atoms with Gasteiger partial charge in [0, 0.05) is 53.4 Å². The molecule has 220 valence electrons. The molecule has 1 heterocycles. The van der Waals surface area contributed by atoms with Crippen LogP contribution in [0.3, 0.4) is 0 Å².